The molecular weight excluding hydrogens is 616 g/mol. The van der Waals surface area contributed by atoms with Crippen molar-refractivity contribution in [2.45, 2.75) is 83.6 Å². The molecule has 3 atom stereocenters. The second kappa shape index (κ2) is 24.0. The van der Waals surface area contributed by atoms with Crippen molar-refractivity contribution in [3.8, 4) is 0 Å². The van der Waals surface area contributed by atoms with Gasteiger partial charge in [-0.2, -0.15) is 0 Å². The lowest BCUT2D eigenvalue weighted by atomic mass is 9.94. The lowest BCUT2D eigenvalue weighted by Crippen LogP contribution is -2.38. The Morgan fingerprint density at radius 2 is 1.15 bits per heavy atom. The number of carboxylic acid groups (broad SMARTS) is 4. The molecule has 0 aliphatic carbocycles. The summed E-state index contributed by atoms with van der Waals surface area (Å²) < 4.78 is 10.4. The fourth-order valence-electron chi connectivity index (χ4n) is 3.97. The quantitative estimate of drug-likeness (QED) is 0.0462. The number of carbonyl (C=O) groups excluding carboxylic acids is 5. The summed E-state index contributed by atoms with van der Waals surface area (Å²) >= 11 is 0. The molecule has 0 aromatic carbocycles. The summed E-state index contributed by atoms with van der Waals surface area (Å²) in [5.74, 6) is -10.2. The average Bonchev–Trinajstić information content (AvgIpc) is 2.97. The molecular formula is C29H44N2O15. The summed E-state index contributed by atoms with van der Waals surface area (Å²) in [6, 6.07) is -1.13. The van der Waals surface area contributed by atoms with E-state index < -0.39 is 65.1 Å². The van der Waals surface area contributed by atoms with Crippen molar-refractivity contribution in [1.29, 1.82) is 0 Å². The molecule has 17 heteroatoms. The van der Waals surface area contributed by atoms with Gasteiger partial charge in [0.25, 0.3) is 0 Å². The van der Waals surface area contributed by atoms with Gasteiger partial charge in [-0.1, -0.05) is 6.42 Å². The van der Waals surface area contributed by atoms with Crippen molar-refractivity contribution in [3.63, 3.8) is 0 Å². The Hall–Kier alpha value is -4.25. The van der Waals surface area contributed by atoms with Gasteiger partial charge in [-0.25, -0.2) is 4.79 Å². The Balaban J connectivity index is 4.08. The number of carboxylic acids is 4. The van der Waals surface area contributed by atoms with Crippen LogP contribution in [0.3, 0.4) is 0 Å². The molecule has 46 heavy (non-hydrogen) atoms. The van der Waals surface area contributed by atoms with E-state index in [9.17, 15) is 53.4 Å². The number of aliphatic carboxylic acids is 4. The van der Waals surface area contributed by atoms with Crippen molar-refractivity contribution >= 4 is 53.0 Å². The van der Waals surface area contributed by atoms with Gasteiger partial charge in [0.05, 0.1) is 31.7 Å². The van der Waals surface area contributed by atoms with Crippen LogP contribution in [0.4, 0.5) is 0 Å². The van der Waals surface area contributed by atoms with E-state index in [1.54, 1.807) is 0 Å². The molecule has 17 nitrogen and oxygen atoms in total. The van der Waals surface area contributed by atoms with Crippen molar-refractivity contribution < 1.29 is 73.1 Å². The third-order valence-electron chi connectivity index (χ3n) is 6.64. The Labute approximate surface area is 265 Å². The van der Waals surface area contributed by atoms with E-state index in [1.165, 1.54) is 6.92 Å². The van der Waals surface area contributed by atoms with Crippen molar-refractivity contribution in [1.82, 2.24) is 10.6 Å². The highest BCUT2D eigenvalue weighted by Gasteiger charge is 2.24. The van der Waals surface area contributed by atoms with Gasteiger partial charge in [-0.3, -0.25) is 38.4 Å². The van der Waals surface area contributed by atoms with Gasteiger partial charge < -0.3 is 40.5 Å². The molecule has 0 fully saturated rings. The van der Waals surface area contributed by atoms with Crippen LogP contribution in [0.15, 0.2) is 0 Å². The average molecular weight is 661 g/mol. The number of nitrogens with one attached hydrogen (secondary N) is 2. The second-order valence-corrected chi connectivity index (χ2v) is 10.6. The van der Waals surface area contributed by atoms with Crippen molar-refractivity contribution in [3.05, 3.63) is 0 Å². The van der Waals surface area contributed by atoms with Gasteiger partial charge in [0.1, 0.15) is 18.4 Å². The number of ether oxygens (including phenoxy) is 2. The van der Waals surface area contributed by atoms with Crippen molar-refractivity contribution in [2.75, 3.05) is 33.0 Å². The standard InChI is InChI=1S/C29H44N2O15/c1-18(26(37)38)31-25(36)10-8-20(28(41)42)16-22(33)17-46-14-13-45-12-11-30-24(35)9-7-19(27(39)40)15-21(32)5-3-2-4-6-23(34)29(43)44/h18-20H,2-17H2,1H3,(H,30,35)(H,31,36)(H,37,38)(H,39,40)(H,41,42)(H,43,44)/t18-,19+,20+/m0/s1. The zero-order chi connectivity index (χ0) is 35.1. The number of amides is 2. The maximum Gasteiger partial charge on any atom is 0.372 e. The van der Waals surface area contributed by atoms with Crippen LogP contribution in [-0.4, -0.2) is 112 Å². The zero-order valence-corrected chi connectivity index (χ0v) is 25.8. The number of hydrogen-bond acceptors (Lipinski definition) is 11. The van der Waals surface area contributed by atoms with E-state index in [1.807, 2.05) is 0 Å². The summed E-state index contributed by atoms with van der Waals surface area (Å²) in [6.45, 7) is 1.14. The van der Waals surface area contributed by atoms with E-state index >= 15 is 0 Å². The molecule has 0 rings (SSSR count). The van der Waals surface area contributed by atoms with Crippen LogP contribution in [-0.2, 0) is 52.6 Å². The minimum Gasteiger partial charge on any atom is -0.481 e. The maximum absolute atomic E-state index is 12.1. The van der Waals surface area contributed by atoms with E-state index in [4.69, 9.17) is 19.7 Å². The molecule has 0 aromatic heterocycles. The number of carbonyl (C=O) groups is 9. The summed E-state index contributed by atoms with van der Waals surface area (Å²) in [4.78, 5) is 103. The predicted octanol–water partition coefficient (Wildman–Crippen LogP) is 0.210. The highest BCUT2D eigenvalue weighted by atomic mass is 16.5. The third-order valence-corrected chi connectivity index (χ3v) is 6.64. The van der Waals surface area contributed by atoms with E-state index in [-0.39, 0.29) is 90.1 Å². The second-order valence-electron chi connectivity index (χ2n) is 10.6. The van der Waals surface area contributed by atoms with Crippen molar-refractivity contribution in [2.24, 2.45) is 11.8 Å². The topological polar surface area (TPSA) is 277 Å². The summed E-state index contributed by atoms with van der Waals surface area (Å²) in [6.07, 6.45) is -0.105. The monoisotopic (exact) mass is 660 g/mol. The lowest BCUT2D eigenvalue weighted by molar-refractivity contribution is -0.149. The van der Waals surface area contributed by atoms with E-state index in [0.29, 0.717) is 19.3 Å². The van der Waals surface area contributed by atoms with Gasteiger partial charge in [-0.05, 0) is 32.6 Å². The molecule has 6 N–H and O–H groups in total. The van der Waals surface area contributed by atoms with Crippen LogP contribution in [0, 0.1) is 11.8 Å². The van der Waals surface area contributed by atoms with E-state index in [0.717, 1.165) is 0 Å². The fraction of sp³-hybridized carbons (Fsp3) is 0.690. The van der Waals surface area contributed by atoms with Gasteiger partial charge in [0, 0.05) is 45.1 Å². The highest BCUT2D eigenvalue weighted by Crippen LogP contribution is 2.16. The van der Waals surface area contributed by atoms with Gasteiger partial charge in [0.15, 0.2) is 5.78 Å². The smallest absolute Gasteiger partial charge is 0.372 e. The molecule has 0 aliphatic rings. The van der Waals surface area contributed by atoms with E-state index in [2.05, 4.69) is 10.6 Å². The van der Waals surface area contributed by atoms with Gasteiger partial charge in [-0.15, -0.1) is 0 Å². The highest BCUT2D eigenvalue weighted by molar-refractivity contribution is 6.32. The van der Waals surface area contributed by atoms with Crippen LogP contribution in [0.2, 0.25) is 0 Å². The van der Waals surface area contributed by atoms with Crippen LogP contribution >= 0.6 is 0 Å². The van der Waals surface area contributed by atoms with Crippen LogP contribution < -0.4 is 10.6 Å². The van der Waals surface area contributed by atoms with Crippen LogP contribution in [0.25, 0.3) is 0 Å². The first-order valence-electron chi connectivity index (χ1n) is 14.8. The SMILES string of the molecule is C[C@H](NC(=O)CC[C@H](CC(=O)COCCOCCNC(=O)CC[C@H](CC(=O)CCCCCC(=O)C(=O)O)C(=O)O)C(=O)O)C(=O)O. The Kier molecular flexibility index (Phi) is 21.8. The number of ketones is 3. The van der Waals surface area contributed by atoms with Crippen LogP contribution in [0.1, 0.15) is 77.6 Å². The minimum absolute atomic E-state index is 0.00167. The molecule has 0 unspecified atom stereocenters. The molecule has 260 valence electrons. The molecule has 0 aliphatic heterocycles. The Morgan fingerprint density at radius 1 is 0.609 bits per heavy atom. The summed E-state index contributed by atoms with van der Waals surface area (Å²) in [5, 5.41) is 40.7. The molecule has 0 bridgehead atoms. The molecule has 0 spiro atoms. The molecule has 0 saturated heterocycles. The first-order chi connectivity index (χ1) is 21.6. The first-order valence-corrected chi connectivity index (χ1v) is 14.8. The largest absolute Gasteiger partial charge is 0.481 e. The molecule has 0 radical (unpaired) electrons. The van der Waals surface area contributed by atoms with Crippen LogP contribution in [0.5, 0.6) is 0 Å². The molecule has 0 aromatic rings. The predicted molar refractivity (Wildman–Crippen MR) is 156 cm³/mol. The molecule has 0 saturated carbocycles. The first kappa shape index (κ1) is 41.8. The number of rotatable bonds is 29. The van der Waals surface area contributed by atoms with Gasteiger partial charge in [0.2, 0.25) is 17.6 Å². The van der Waals surface area contributed by atoms with Gasteiger partial charge >= 0.3 is 23.9 Å². The maximum atomic E-state index is 12.1. The minimum atomic E-state index is -1.50. The number of unbranched alkanes of at least 4 members (excludes halogenated alkanes) is 2. The molecule has 0 heterocycles. The number of hydrogen-bond donors (Lipinski definition) is 6. The molecule has 2 amide bonds. The Morgan fingerprint density at radius 3 is 1.72 bits per heavy atom. The fourth-order valence-corrected chi connectivity index (χ4v) is 3.97. The summed E-state index contributed by atoms with van der Waals surface area (Å²) in [5.41, 5.74) is 0. The third kappa shape index (κ3) is 21.5. The number of Topliss-reactive ketones (excluding diaryl/α,β-unsaturated/α-hetero) is 3. The lowest BCUT2D eigenvalue weighted by Gasteiger charge is -2.13. The summed E-state index contributed by atoms with van der Waals surface area (Å²) in [7, 11) is 0. The Bertz CT molecular complexity index is 1070. The zero-order valence-electron chi connectivity index (χ0n) is 25.8. The normalized spacial score (nSPS) is 12.7.